The van der Waals surface area contributed by atoms with E-state index in [-0.39, 0.29) is 29.8 Å². The van der Waals surface area contributed by atoms with Gasteiger partial charge in [-0.25, -0.2) is 0 Å². The van der Waals surface area contributed by atoms with Crippen LogP contribution in [0, 0.1) is 5.92 Å². The first kappa shape index (κ1) is 26.1. The average molecular weight is 495 g/mol. The number of methoxy groups -OCH3 is 1. The summed E-state index contributed by atoms with van der Waals surface area (Å²) in [5.74, 6) is 1.25. The van der Waals surface area contributed by atoms with E-state index >= 15 is 0 Å². The third kappa shape index (κ3) is 6.23. The zero-order valence-electron chi connectivity index (χ0n) is 21.6. The van der Waals surface area contributed by atoms with Crippen molar-refractivity contribution in [1.29, 1.82) is 0 Å². The molecule has 8 heteroatoms. The summed E-state index contributed by atoms with van der Waals surface area (Å²) in [6.07, 6.45) is 5.75. The molecule has 2 fully saturated rings. The Morgan fingerprint density at radius 3 is 2.56 bits per heavy atom. The van der Waals surface area contributed by atoms with Crippen LogP contribution in [0.25, 0.3) is 0 Å². The van der Waals surface area contributed by atoms with Gasteiger partial charge < -0.3 is 19.3 Å². The van der Waals surface area contributed by atoms with Gasteiger partial charge >= 0.3 is 0 Å². The van der Waals surface area contributed by atoms with Gasteiger partial charge in [0.25, 0.3) is 5.91 Å². The van der Waals surface area contributed by atoms with Gasteiger partial charge in [-0.3, -0.25) is 19.5 Å². The van der Waals surface area contributed by atoms with Crippen molar-refractivity contribution < 1.29 is 19.1 Å². The number of morpholine rings is 1. The van der Waals surface area contributed by atoms with Gasteiger partial charge in [0.2, 0.25) is 5.91 Å². The molecule has 2 aliphatic rings. The molecule has 0 radical (unpaired) electrons. The number of carbonyl (C=O) groups excluding carboxylic acids is 2. The van der Waals surface area contributed by atoms with Crippen molar-refractivity contribution in [2.45, 2.75) is 38.3 Å². The van der Waals surface area contributed by atoms with Crippen LogP contribution in [-0.4, -0.2) is 97.1 Å². The van der Waals surface area contributed by atoms with Crippen molar-refractivity contribution in [3.05, 3.63) is 59.9 Å². The minimum absolute atomic E-state index is 0.00118. The number of ether oxygens (including phenoxy) is 2. The molecule has 2 amide bonds. The summed E-state index contributed by atoms with van der Waals surface area (Å²) in [4.78, 5) is 36.8. The third-order valence-corrected chi connectivity index (χ3v) is 7.65. The molecule has 0 saturated carbocycles. The average Bonchev–Trinajstić information content (AvgIpc) is 2.95. The lowest BCUT2D eigenvalue weighted by atomic mass is 9.84. The fourth-order valence-electron chi connectivity index (χ4n) is 5.39. The van der Waals surface area contributed by atoms with Crippen molar-refractivity contribution in [2.75, 3.05) is 53.6 Å². The summed E-state index contributed by atoms with van der Waals surface area (Å²) in [6, 6.07) is 11.5. The second-order valence-electron chi connectivity index (χ2n) is 9.77. The highest BCUT2D eigenvalue weighted by molar-refractivity contribution is 5.94. The number of rotatable bonds is 8. The maximum absolute atomic E-state index is 13.4. The highest BCUT2D eigenvalue weighted by atomic mass is 16.5. The van der Waals surface area contributed by atoms with Crippen LogP contribution in [0.2, 0.25) is 0 Å². The van der Waals surface area contributed by atoms with Crippen LogP contribution in [0.5, 0.6) is 5.75 Å². The number of amides is 2. The molecule has 2 atom stereocenters. The predicted octanol–water partition coefficient (Wildman–Crippen LogP) is 2.73. The topological polar surface area (TPSA) is 75.2 Å². The molecule has 1 aromatic carbocycles. The van der Waals surface area contributed by atoms with E-state index in [1.807, 2.05) is 48.0 Å². The molecule has 4 rings (SSSR count). The molecule has 8 nitrogen and oxygen atoms in total. The van der Waals surface area contributed by atoms with Crippen LogP contribution in [0.3, 0.4) is 0 Å². The van der Waals surface area contributed by atoms with E-state index in [1.54, 1.807) is 25.6 Å². The molecular weight excluding hydrogens is 456 g/mol. The van der Waals surface area contributed by atoms with E-state index in [4.69, 9.17) is 9.47 Å². The van der Waals surface area contributed by atoms with Gasteiger partial charge in [0.05, 0.1) is 31.9 Å². The quantitative estimate of drug-likeness (QED) is 0.562. The number of piperidine rings is 1. The number of benzene rings is 1. The van der Waals surface area contributed by atoms with E-state index in [0.717, 1.165) is 43.7 Å². The highest BCUT2D eigenvalue weighted by Crippen LogP contribution is 2.29. The largest absolute Gasteiger partial charge is 0.497 e. The van der Waals surface area contributed by atoms with Gasteiger partial charge in [-0.05, 0) is 61.9 Å². The van der Waals surface area contributed by atoms with Crippen molar-refractivity contribution in [3.8, 4) is 5.75 Å². The minimum atomic E-state index is -0.132. The maximum atomic E-state index is 13.4. The van der Waals surface area contributed by atoms with Crippen LogP contribution in [0.1, 0.15) is 35.7 Å². The van der Waals surface area contributed by atoms with Gasteiger partial charge in [-0.1, -0.05) is 12.1 Å². The number of likely N-dealkylation sites (N-methyl/N-ethyl adjacent to an activating group) is 1. The van der Waals surface area contributed by atoms with Crippen LogP contribution in [0.4, 0.5) is 0 Å². The van der Waals surface area contributed by atoms with Crippen molar-refractivity contribution in [3.63, 3.8) is 0 Å². The Kier molecular flexibility index (Phi) is 8.93. The first-order valence-electron chi connectivity index (χ1n) is 12.9. The number of carbonyl (C=O) groups is 2. The van der Waals surface area contributed by atoms with Crippen molar-refractivity contribution in [2.24, 2.45) is 5.92 Å². The molecule has 194 valence electrons. The highest BCUT2D eigenvalue weighted by Gasteiger charge is 2.35. The van der Waals surface area contributed by atoms with Gasteiger partial charge in [-0.2, -0.15) is 0 Å². The molecule has 0 spiro atoms. The molecule has 0 aliphatic carbocycles. The Balaban J connectivity index is 1.46. The van der Waals surface area contributed by atoms with Crippen molar-refractivity contribution in [1.82, 2.24) is 19.7 Å². The maximum Gasteiger partial charge on any atom is 0.255 e. The summed E-state index contributed by atoms with van der Waals surface area (Å²) in [6.45, 7) is 6.39. The second kappa shape index (κ2) is 12.3. The Morgan fingerprint density at radius 2 is 1.89 bits per heavy atom. The number of nitrogens with zero attached hydrogens (tertiary/aromatic N) is 4. The first-order valence-corrected chi connectivity index (χ1v) is 12.9. The van der Waals surface area contributed by atoms with E-state index in [2.05, 4.69) is 16.0 Å². The summed E-state index contributed by atoms with van der Waals surface area (Å²) in [5, 5.41) is 0. The summed E-state index contributed by atoms with van der Waals surface area (Å²) in [7, 11) is 3.55. The lowest BCUT2D eigenvalue weighted by molar-refractivity contribution is -0.139. The van der Waals surface area contributed by atoms with E-state index < -0.39 is 0 Å². The smallest absolute Gasteiger partial charge is 0.255 e. The Labute approximate surface area is 214 Å². The van der Waals surface area contributed by atoms with E-state index in [0.29, 0.717) is 31.9 Å². The number of likely N-dealkylation sites (tertiary alicyclic amines) is 1. The van der Waals surface area contributed by atoms with Crippen LogP contribution < -0.4 is 4.74 Å². The van der Waals surface area contributed by atoms with Crippen LogP contribution >= 0.6 is 0 Å². The van der Waals surface area contributed by atoms with Gasteiger partial charge in [-0.15, -0.1) is 0 Å². The predicted molar refractivity (Wildman–Crippen MR) is 138 cm³/mol. The SMILES string of the molecule is COc1cccc(C[C@H](C2CCN(C(=O)[C@@H](C)N3CCOCC3)CC2)N(C)C(=O)c2cccnc2)c1. The molecule has 1 aromatic heterocycles. The summed E-state index contributed by atoms with van der Waals surface area (Å²) >= 11 is 0. The summed E-state index contributed by atoms with van der Waals surface area (Å²) < 4.78 is 10.9. The molecule has 36 heavy (non-hydrogen) atoms. The molecule has 0 unspecified atom stereocenters. The lowest BCUT2D eigenvalue weighted by Crippen LogP contribution is -2.54. The van der Waals surface area contributed by atoms with Gasteiger partial charge in [0.15, 0.2) is 0 Å². The Hall–Kier alpha value is -2.97. The van der Waals surface area contributed by atoms with Crippen LogP contribution in [-0.2, 0) is 16.0 Å². The molecule has 2 aliphatic heterocycles. The number of hydrogen-bond donors (Lipinski definition) is 0. The third-order valence-electron chi connectivity index (χ3n) is 7.65. The fraction of sp³-hybridized carbons (Fsp3) is 0.536. The summed E-state index contributed by atoms with van der Waals surface area (Å²) in [5.41, 5.74) is 1.72. The zero-order chi connectivity index (χ0) is 25.5. The molecule has 2 saturated heterocycles. The zero-order valence-corrected chi connectivity index (χ0v) is 21.6. The number of pyridine rings is 1. The Morgan fingerprint density at radius 1 is 1.14 bits per heavy atom. The van der Waals surface area contributed by atoms with Crippen LogP contribution in [0.15, 0.2) is 48.8 Å². The molecule has 2 aromatic rings. The first-order chi connectivity index (χ1) is 17.5. The molecule has 0 bridgehead atoms. The monoisotopic (exact) mass is 494 g/mol. The fourth-order valence-corrected chi connectivity index (χ4v) is 5.39. The van der Waals surface area contributed by atoms with E-state index in [9.17, 15) is 9.59 Å². The standard InChI is InChI=1S/C28H38N4O4/c1-21(31-14-16-36-17-15-31)27(33)32-12-9-23(10-13-32)26(19-22-6-4-8-25(18-22)35-3)30(2)28(34)24-7-5-11-29-20-24/h4-8,11,18,20-21,23,26H,9-10,12-17,19H2,1-3H3/t21-,26-/m1/s1. The second-order valence-corrected chi connectivity index (χ2v) is 9.77. The lowest BCUT2D eigenvalue weighted by Gasteiger charge is -2.42. The normalized spacial score (nSPS) is 18.9. The molecule has 3 heterocycles. The molecular formula is C28H38N4O4. The minimum Gasteiger partial charge on any atom is -0.497 e. The van der Waals surface area contributed by atoms with E-state index in [1.165, 1.54) is 0 Å². The van der Waals surface area contributed by atoms with Gasteiger partial charge in [0, 0.05) is 51.7 Å². The van der Waals surface area contributed by atoms with Gasteiger partial charge in [0.1, 0.15) is 5.75 Å². The number of hydrogen-bond acceptors (Lipinski definition) is 6. The number of aromatic nitrogens is 1. The molecule has 0 N–H and O–H groups in total. The van der Waals surface area contributed by atoms with Crippen molar-refractivity contribution >= 4 is 11.8 Å². The Bertz CT molecular complexity index is 1000.